The van der Waals surface area contributed by atoms with Crippen molar-refractivity contribution < 1.29 is 4.42 Å². The second kappa shape index (κ2) is 5.25. The van der Waals surface area contributed by atoms with Gasteiger partial charge in [0.2, 0.25) is 0 Å². The molecular weight excluding hydrogens is 302 g/mol. The molecule has 0 amide bonds. The van der Waals surface area contributed by atoms with E-state index >= 15 is 0 Å². The number of hydrogen-bond donors (Lipinski definition) is 1. The van der Waals surface area contributed by atoms with Gasteiger partial charge in [0.25, 0.3) is 0 Å². The maximum Gasteiger partial charge on any atom is 0.135 e. The summed E-state index contributed by atoms with van der Waals surface area (Å²) >= 11 is 9.56. The molecule has 0 bridgehead atoms. The molecule has 90 valence electrons. The summed E-state index contributed by atoms with van der Waals surface area (Å²) in [5.41, 5.74) is 6.79. The third-order valence-electron chi connectivity index (χ3n) is 2.63. The number of furan rings is 1. The van der Waals surface area contributed by atoms with E-state index in [9.17, 15) is 0 Å². The van der Waals surface area contributed by atoms with Gasteiger partial charge in [0.1, 0.15) is 11.5 Å². The zero-order valence-corrected chi connectivity index (χ0v) is 11.8. The standard InChI is InChI=1S/C13H13BrClNO/c1-2-11(16)13-6-5-12(17-13)9-7-8(14)3-4-10(9)15/h3-7,11H,2,16H2,1H3. The van der Waals surface area contributed by atoms with Gasteiger partial charge in [0.15, 0.2) is 0 Å². The highest BCUT2D eigenvalue weighted by Crippen LogP contribution is 2.33. The smallest absolute Gasteiger partial charge is 0.135 e. The predicted octanol–water partition coefficient (Wildman–Crippen LogP) is 4.77. The molecule has 1 heterocycles. The van der Waals surface area contributed by atoms with Gasteiger partial charge in [-0.3, -0.25) is 0 Å². The molecule has 0 spiro atoms. The van der Waals surface area contributed by atoms with Gasteiger partial charge >= 0.3 is 0 Å². The molecule has 2 aromatic rings. The molecule has 0 aliphatic carbocycles. The van der Waals surface area contributed by atoms with Crippen LogP contribution in [0.3, 0.4) is 0 Å². The van der Waals surface area contributed by atoms with E-state index in [0.717, 1.165) is 28.0 Å². The van der Waals surface area contributed by atoms with Crippen LogP contribution in [0.25, 0.3) is 11.3 Å². The van der Waals surface area contributed by atoms with Gasteiger partial charge in [0.05, 0.1) is 11.1 Å². The minimum absolute atomic E-state index is 0.0605. The highest BCUT2D eigenvalue weighted by Gasteiger charge is 2.12. The van der Waals surface area contributed by atoms with Crippen molar-refractivity contribution in [1.29, 1.82) is 0 Å². The number of benzene rings is 1. The number of halogens is 2. The van der Waals surface area contributed by atoms with Crippen molar-refractivity contribution in [3.63, 3.8) is 0 Å². The van der Waals surface area contributed by atoms with Gasteiger partial charge in [-0.2, -0.15) is 0 Å². The molecule has 0 fully saturated rings. The lowest BCUT2D eigenvalue weighted by atomic mass is 10.2. The molecule has 2 N–H and O–H groups in total. The molecule has 0 saturated carbocycles. The van der Waals surface area contributed by atoms with Crippen LogP contribution in [-0.4, -0.2) is 0 Å². The molecule has 2 nitrogen and oxygen atoms in total. The predicted molar refractivity (Wildman–Crippen MR) is 74.1 cm³/mol. The average molecular weight is 315 g/mol. The van der Waals surface area contributed by atoms with Crippen molar-refractivity contribution in [1.82, 2.24) is 0 Å². The Morgan fingerprint density at radius 3 is 2.82 bits per heavy atom. The maximum atomic E-state index is 6.14. The number of hydrogen-bond acceptors (Lipinski definition) is 2. The van der Waals surface area contributed by atoms with Crippen molar-refractivity contribution in [2.24, 2.45) is 5.73 Å². The van der Waals surface area contributed by atoms with E-state index in [-0.39, 0.29) is 6.04 Å². The summed E-state index contributed by atoms with van der Waals surface area (Å²) in [6.45, 7) is 2.03. The molecular formula is C13H13BrClNO. The summed E-state index contributed by atoms with van der Waals surface area (Å²) in [5, 5.41) is 0.666. The Bertz CT molecular complexity index is 524. The molecule has 0 saturated heterocycles. The van der Waals surface area contributed by atoms with Crippen molar-refractivity contribution in [2.45, 2.75) is 19.4 Å². The van der Waals surface area contributed by atoms with E-state index in [4.69, 9.17) is 21.8 Å². The Labute approximate surface area is 114 Å². The Kier molecular flexibility index (Phi) is 3.92. The Morgan fingerprint density at radius 2 is 2.12 bits per heavy atom. The fourth-order valence-corrected chi connectivity index (χ4v) is 2.16. The van der Waals surface area contributed by atoms with Crippen LogP contribution in [0.4, 0.5) is 0 Å². The first kappa shape index (κ1) is 12.7. The molecule has 1 aromatic carbocycles. The Hall–Kier alpha value is -0.770. The zero-order chi connectivity index (χ0) is 12.4. The number of nitrogens with two attached hydrogens (primary N) is 1. The van der Waals surface area contributed by atoms with Crippen LogP contribution in [-0.2, 0) is 0 Å². The van der Waals surface area contributed by atoms with Gasteiger partial charge in [-0.15, -0.1) is 0 Å². The fourth-order valence-electron chi connectivity index (χ4n) is 1.58. The third kappa shape index (κ3) is 2.73. The van der Waals surface area contributed by atoms with Crippen LogP contribution in [0.2, 0.25) is 5.02 Å². The van der Waals surface area contributed by atoms with E-state index in [1.54, 1.807) is 0 Å². The molecule has 1 atom stereocenters. The molecule has 4 heteroatoms. The molecule has 17 heavy (non-hydrogen) atoms. The van der Waals surface area contributed by atoms with E-state index in [2.05, 4.69) is 15.9 Å². The average Bonchev–Trinajstić information content (AvgIpc) is 2.80. The van der Waals surface area contributed by atoms with Crippen molar-refractivity contribution in [3.8, 4) is 11.3 Å². The Morgan fingerprint density at radius 1 is 1.35 bits per heavy atom. The summed E-state index contributed by atoms with van der Waals surface area (Å²) in [7, 11) is 0. The lowest BCUT2D eigenvalue weighted by Crippen LogP contribution is -2.06. The van der Waals surface area contributed by atoms with Crippen molar-refractivity contribution >= 4 is 27.5 Å². The highest BCUT2D eigenvalue weighted by molar-refractivity contribution is 9.10. The molecule has 0 aliphatic rings. The van der Waals surface area contributed by atoms with Crippen LogP contribution in [0, 0.1) is 0 Å². The van der Waals surface area contributed by atoms with Crippen LogP contribution in [0.5, 0.6) is 0 Å². The molecule has 2 rings (SSSR count). The summed E-state index contributed by atoms with van der Waals surface area (Å²) in [6, 6.07) is 9.41. The molecule has 0 radical (unpaired) electrons. The lowest BCUT2D eigenvalue weighted by Gasteiger charge is -2.05. The zero-order valence-electron chi connectivity index (χ0n) is 9.41. The van der Waals surface area contributed by atoms with Gasteiger partial charge in [-0.1, -0.05) is 34.5 Å². The summed E-state index contributed by atoms with van der Waals surface area (Å²) in [4.78, 5) is 0. The topological polar surface area (TPSA) is 39.2 Å². The summed E-state index contributed by atoms with van der Waals surface area (Å²) < 4.78 is 6.70. The minimum Gasteiger partial charge on any atom is -0.459 e. The largest absolute Gasteiger partial charge is 0.459 e. The van der Waals surface area contributed by atoms with Crippen LogP contribution in [0.1, 0.15) is 25.1 Å². The monoisotopic (exact) mass is 313 g/mol. The highest BCUT2D eigenvalue weighted by atomic mass is 79.9. The first-order valence-electron chi connectivity index (χ1n) is 5.42. The second-order valence-electron chi connectivity index (χ2n) is 3.84. The molecule has 0 aliphatic heterocycles. The molecule has 1 unspecified atom stereocenters. The summed E-state index contributed by atoms with van der Waals surface area (Å²) in [5.74, 6) is 1.54. The Balaban J connectivity index is 2.40. The minimum atomic E-state index is -0.0605. The fraction of sp³-hybridized carbons (Fsp3) is 0.231. The van der Waals surface area contributed by atoms with Gasteiger partial charge in [-0.05, 0) is 36.8 Å². The summed E-state index contributed by atoms with van der Waals surface area (Å²) in [6.07, 6.45) is 0.846. The number of rotatable bonds is 3. The van der Waals surface area contributed by atoms with Crippen LogP contribution in [0.15, 0.2) is 39.2 Å². The normalized spacial score (nSPS) is 12.7. The SMILES string of the molecule is CCC(N)c1ccc(-c2cc(Br)ccc2Cl)o1. The quantitative estimate of drug-likeness (QED) is 0.886. The first-order valence-corrected chi connectivity index (χ1v) is 6.59. The maximum absolute atomic E-state index is 6.14. The molecule has 1 aromatic heterocycles. The lowest BCUT2D eigenvalue weighted by molar-refractivity contribution is 0.470. The van der Waals surface area contributed by atoms with Crippen LogP contribution >= 0.6 is 27.5 Å². The van der Waals surface area contributed by atoms with E-state index in [0.29, 0.717) is 5.02 Å². The van der Waals surface area contributed by atoms with Crippen molar-refractivity contribution in [3.05, 3.63) is 45.6 Å². The van der Waals surface area contributed by atoms with Crippen molar-refractivity contribution in [2.75, 3.05) is 0 Å². The second-order valence-corrected chi connectivity index (χ2v) is 5.16. The van der Waals surface area contributed by atoms with E-state index in [1.807, 2.05) is 37.3 Å². The van der Waals surface area contributed by atoms with E-state index in [1.165, 1.54) is 0 Å². The van der Waals surface area contributed by atoms with Crippen LogP contribution < -0.4 is 5.73 Å². The van der Waals surface area contributed by atoms with E-state index < -0.39 is 0 Å². The van der Waals surface area contributed by atoms with Gasteiger partial charge in [0, 0.05) is 10.0 Å². The third-order valence-corrected chi connectivity index (χ3v) is 3.45. The van der Waals surface area contributed by atoms with Gasteiger partial charge < -0.3 is 10.2 Å². The first-order chi connectivity index (χ1) is 8.11. The van der Waals surface area contributed by atoms with Gasteiger partial charge in [-0.25, -0.2) is 0 Å².